The van der Waals surface area contributed by atoms with Gasteiger partial charge in [-0.3, -0.25) is 24.6 Å². The third-order valence-corrected chi connectivity index (χ3v) is 5.17. The number of anilines is 1. The largest absolute Gasteiger partial charge is 0.325 e. The van der Waals surface area contributed by atoms with Crippen molar-refractivity contribution in [1.82, 2.24) is 10.2 Å². The van der Waals surface area contributed by atoms with Crippen molar-refractivity contribution < 1.29 is 19.3 Å². The highest BCUT2D eigenvalue weighted by atomic mass is 16.6. The van der Waals surface area contributed by atoms with E-state index in [4.69, 9.17) is 0 Å². The van der Waals surface area contributed by atoms with Crippen molar-refractivity contribution in [3.05, 3.63) is 34.4 Å². The number of nitro benzene ring substituents is 1. The van der Waals surface area contributed by atoms with Gasteiger partial charge in [-0.05, 0) is 30.9 Å². The van der Waals surface area contributed by atoms with Crippen LogP contribution in [0.2, 0.25) is 0 Å². The zero-order valence-corrected chi connectivity index (χ0v) is 14.4. The van der Waals surface area contributed by atoms with Crippen LogP contribution >= 0.6 is 0 Å². The van der Waals surface area contributed by atoms with E-state index < -0.39 is 28.9 Å². The van der Waals surface area contributed by atoms with Gasteiger partial charge in [-0.2, -0.15) is 0 Å². The molecule has 138 valence electrons. The summed E-state index contributed by atoms with van der Waals surface area (Å²) >= 11 is 0. The lowest BCUT2D eigenvalue weighted by Gasteiger charge is -2.36. The molecule has 1 aromatic carbocycles. The molecule has 1 saturated carbocycles. The molecule has 1 aliphatic carbocycles. The summed E-state index contributed by atoms with van der Waals surface area (Å²) in [5.41, 5.74) is -0.637. The molecule has 0 radical (unpaired) electrons. The van der Waals surface area contributed by atoms with Crippen molar-refractivity contribution in [3.8, 4) is 0 Å². The summed E-state index contributed by atoms with van der Waals surface area (Å²) < 4.78 is 0. The van der Waals surface area contributed by atoms with E-state index in [-0.39, 0.29) is 17.5 Å². The third-order valence-electron chi connectivity index (χ3n) is 5.17. The number of nitro groups is 1. The van der Waals surface area contributed by atoms with Crippen molar-refractivity contribution >= 4 is 29.2 Å². The Kier molecular flexibility index (Phi) is 4.62. The maximum Gasteiger partial charge on any atom is 0.325 e. The first-order valence-corrected chi connectivity index (χ1v) is 8.52. The summed E-state index contributed by atoms with van der Waals surface area (Å²) in [7, 11) is 0. The average molecular weight is 360 g/mol. The predicted molar refractivity (Wildman–Crippen MR) is 92.3 cm³/mol. The smallest absolute Gasteiger partial charge is 0.325 e. The van der Waals surface area contributed by atoms with E-state index in [1.54, 1.807) is 0 Å². The number of carbonyl (C=O) groups excluding carboxylic acids is 3. The standard InChI is InChI=1S/C17H20N4O5/c1-11-4-2-3-9-17(11)15(23)20(16(24)19-17)10-14(22)18-12-5-7-13(8-6-12)21(25)26/h5-8,11H,2-4,9-10H2,1H3,(H,18,22)(H,19,24)/t11-,17-/m1/s1. The molecule has 1 heterocycles. The number of imide groups is 1. The van der Waals surface area contributed by atoms with Gasteiger partial charge in [-0.25, -0.2) is 4.79 Å². The van der Waals surface area contributed by atoms with Crippen LogP contribution < -0.4 is 10.6 Å². The maximum absolute atomic E-state index is 12.8. The van der Waals surface area contributed by atoms with Crippen LogP contribution in [0.3, 0.4) is 0 Å². The second-order valence-corrected chi connectivity index (χ2v) is 6.79. The van der Waals surface area contributed by atoms with Gasteiger partial charge in [0.25, 0.3) is 11.6 Å². The lowest BCUT2D eigenvalue weighted by Crippen LogP contribution is -2.54. The first-order chi connectivity index (χ1) is 12.3. The minimum Gasteiger partial charge on any atom is -0.325 e. The molecular formula is C17H20N4O5. The summed E-state index contributed by atoms with van der Waals surface area (Å²) in [6.07, 6.45) is 3.32. The van der Waals surface area contributed by atoms with E-state index in [1.165, 1.54) is 24.3 Å². The predicted octanol–water partition coefficient (Wildman–Crippen LogP) is 2.03. The van der Waals surface area contributed by atoms with Crippen LogP contribution in [-0.2, 0) is 9.59 Å². The Balaban J connectivity index is 1.66. The van der Waals surface area contributed by atoms with Gasteiger partial charge in [0.1, 0.15) is 12.1 Å². The second kappa shape index (κ2) is 6.74. The molecule has 2 aliphatic rings. The van der Waals surface area contributed by atoms with E-state index in [0.29, 0.717) is 12.1 Å². The van der Waals surface area contributed by atoms with Gasteiger partial charge in [0.15, 0.2) is 0 Å². The Hall–Kier alpha value is -2.97. The SMILES string of the molecule is C[C@@H]1CCCC[C@@]12NC(=O)N(CC(=O)Nc1ccc([N+](=O)[O-])cc1)C2=O. The average Bonchev–Trinajstić information content (AvgIpc) is 2.83. The molecule has 2 N–H and O–H groups in total. The Morgan fingerprint density at radius 3 is 2.65 bits per heavy atom. The number of benzene rings is 1. The number of non-ortho nitro benzene ring substituents is 1. The van der Waals surface area contributed by atoms with Crippen LogP contribution in [0.15, 0.2) is 24.3 Å². The van der Waals surface area contributed by atoms with Gasteiger partial charge >= 0.3 is 6.03 Å². The van der Waals surface area contributed by atoms with Crippen molar-refractivity contribution in [2.24, 2.45) is 5.92 Å². The molecule has 1 saturated heterocycles. The van der Waals surface area contributed by atoms with E-state index in [2.05, 4.69) is 10.6 Å². The minimum atomic E-state index is -0.900. The zero-order chi connectivity index (χ0) is 18.9. The van der Waals surface area contributed by atoms with E-state index in [0.717, 1.165) is 24.2 Å². The van der Waals surface area contributed by atoms with Gasteiger partial charge in [0, 0.05) is 17.8 Å². The van der Waals surface area contributed by atoms with E-state index in [1.807, 2.05) is 6.92 Å². The van der Waals surface area contributed by atoms with Gasteiger partial charge in [-0.1, -0.05) is 19.8 Å². The molecule has 9 heteroatoms. The first kappa shape index (κ1) is 17.8. The van der Waals surface area contributed by atoms with Crippen molar-refractivity contribution in [3.63, 3.8) is 0 Å². The molecular weight excluding hydrogens is 340 g/mol. The van der Waals surface area contributed by atoms with Gasteiger partial charge in [-0.15, -0.1) is 0 Å². The van der Waals surface area contributed by atoms with E-state index in [9.17, 15) is 24.5 Å². The number of nitrogens with zero attached hydrogens (tertiary/aromatic N) is 2. The van der Waals surface area contributed by atoms with Crippen molar-refractivity contribution in [2.45, 2.75) is 38.1 Å². The Labute approximate surface area is 149 Å². The van der Waals surface area contributed by atoms with Gasteiger partial charge in [0.2, 0.25) is 5.91 Å². The molecule has 9 nitrogen and oxygen atoms in total. The Bertz CT molecular complexity index is 763. The Morgan fingerprint density at radius 1 is 1.35 bits per heavy atom. The number of hydrogen-bond acceptors (Lipinski definition) is 5. The first-order valence-electron chi connectivity index (χ1n) is 8.52. The maximum atomic E-state index is 12.8. The molecule has 1 spiro atoms. The summed E-state index contributed by atoms with van der Waals surface area (Å²) in [5, 5.41) is 16.0. The lowest BCUT2D eigenvalue weighted by atomic mass is 9.73. The van der Waals surface area contributed by atoms with Crippen LogP contribution in [-0.4, -0.2) is 39.8 Å². The van der Waals surface area contributed by atoms with Crippen LogP contribution in [0.5, 0.6) is 0 Å². The molecule has 0 bridgehead atoms. The fraction of sp³-hybridized carbons (Fsp3) is 0.471. The zero-order valence-electron chi connectivity index (χ0n) is 14.4. The molecule has 26 heavy (non-hydrogen) atoms. The third kappa shape index (κ3) is 3.12. The number of urea groups is 1. The van der Waals surface area contributed by atoms with Crippen LogP contribution in [0.1, 0.15) is 32.6 Å². The number of amides is 4. The number of rotatable bonds is 4. The molecule has 1 aromatic rings. The summed E-state index contributed by atoms with van der Waals surface area (Å²) in [6, 6.07) is 4.77. The summed E-state index contributed by atoms with van der Waals surface area (Å²) in [5.74, 6) is -0.869. The normalized spacial score (nSPS) is 25.3. The summed E-state index contributed by atoms with van der Waals surface area (Å²) in [6.45, 7) is 1.55. The fourth-order valence-electron chi connectivity index (χ4n) is 3.65. The summed E-state index contributed by atoms with van der Waals surface area (Å²) in [4.78, 5) is 48.3. The van der Waals surface area contributed by atoms with Crippen LogP contribution in [0.25, 0.3) is 0 Å². The highest BCUT2D eigenvalue weighted by Gasteiger charge is 2.55. The fourth-order valence-corrected chi connectivity index (χ4v) is 3.65. The van der Waals surface area contributed by atoms with Crippen LogP contribution in [0, 0.1) is 16.0 Å². The molecule has 0 aromatic heterocycles. The molecule has 1 aliphatic heterocycles. The monoisotopic (exact) mass is 360 g/mol. The van der Waals surface area contributed by atoms with Crippen molar-refractivity contribution in [2.75, 3.05) is 11.9 Å². The van der Waals surface area contributed by atoms with Gasteiger partial charge in [0.05, 0.1) is 4.92 Å². The molecule has 0 unspecified atom stereocenters. The lowest BCUT2D eigenvalue weighted by molar-refractivity contribution is -0.384. The molecule has 3 rings (SSSR count). The van der Waals surface area contributed by atoms with Crippen LogP contribution in [0.4, 0.5) is 16.2 Å². The highest BCUT2D eigenvalue weighted by Crippen LogP contribution is 2.38. The van der Waals surface area contributed by atoms with Crippen molar-refractivity contribution in [1.29, 1.82) is 0 Å². The Morgan fingerprint density at radius 2 is 2.04 bits per heavy atom. The number of nitrogens with one attached hydrogen (secondary N) is 2. The topological polar surface area (TPSA) is 122 Å². The highest BCUT2D eigenvalue weighted by molar-refractivity contribution is 6.10. The second-order valence-electron chi connectivity index (χ2n) is 6.79. The number of carbonyl (C=O) groups is 3. The van der Waals surface area contributed by atoms with Gasteiger partial charge < -0.3 is 10.6 Å². The minimum absolute atomic E-state index is 0.0235. The molecule has 2 atom stereocenters. The quantitative estimate of drug-likeness (QED) is 0.483. The number of hydrogen-bond donors (Lipinski definition) is 2. The molecule has 2 fully saturated rings. The molecule has 4 amide bonds. The van der Waals surface area contributed by atoms with E-state index >= 15 is 0 Å².